The summed E-state index contributed by atoms with van der Waals surface area (Å²) in [5, 5.41) is 22.7. The van der Waals surface area contributed by atoms with E-state index in [1.165, 1.54) is 11.1 Å². The highest BCUT2D eigenvalue weighted by atomic mass is 16.5. The van der Waals surface area contributed by atoms with E-state index in [0.717, 1.165) is 37.2 Å². The van der Waals surface area contributed by atoms with E-state index >= 15 is 0 Å². The summed E-state index contributed by atoms with van der Waals surface area (Å²) >= 11 is 0. The van der Waals surface area contributed by atoms with Gasteiger partial charge in [0.1, 0.15) is 11.9 Å². The molecule has 2 unspecified atom stereocenters. The van der Waals surface area contributed by atoms with E-state index < -0.39 is 17.1 Å². The topological polar surface area (TPSA) is 52.9 Å². The molecule has 0 radical (unpaired) electrons. The number of piperidine rings is 1. The lowest BCUT2D eigenvalue weighted by Gasteiger charge is -2.63. The van der Waals surface area contributed by atoms with Crippen LogP contribution in [0.15, 0.2) is 24.8 Å². The fourth-order valence-corrected chi connectivity index (χ4v) is 6.14. The molecule has 2 heterocycles. The van der Waals surface area contributed by atoms with Crippen LogP contribution in [0.25, 0.3) is 0 Å². The highest BCUT2D eigenvalue weighted by Gasteiger charge is 2.72. The Labute approximate surface area is 142 Å². The summed E-state index contributed by atoms with van der Waals surface area (Å²) in [5.74, 6) is 0.924. The number of ether oxygens (including phenoxy) is 1. The molecule has 5 rings (SSSR count). The molecular formula is C20H25NO3. The number of rotatable bonds is 2. The van der Waals surface area contributed by atoms with Crippen LogP contribution < -0.4 is 4.74 Å². The zero-order valence-corrected chi connectivity index (χ0v) is 14.2. The first-order valence-electron chi connectivity index (χ1n) is 9.08. The number of likely N-dealkylation sites (tertiary alicyclic amines) is 1. The number of aliphatic hydroxyl groups is 2. The van der Waals surface area contributed by atoms with Crippen molar-refractivity contribution in [3.05, 3.63) is 41.5 Å². The van der Waals surface area contributed by atoms with Gasteiger partial charge in [0.2, 0.25) is 0 Å². The van der Waals surface area contributed by atoms with Crippen molar-refractivity contribution in [3.8, 4) is 5.75 Å². The molecule has 2 bridgehead atoms. The Morgan fingerprint density at radius 2 is 2.25 bits per heavy atom. The van der Waals surface area contributed by atoms with Crippen molar-refractivity contribution in [1.29, 1.82) is 0 Å². The van der Waals surface area contributed by atoms with Crippen LogP contribution >= 0.6 is 0 Å². The van der Waals surface area contributed by atoms with Crippen LogP contribution in [0, 0.1) is 6.92 Å². The standard InChI is InChI=1S/C20H25NO3/c1-3-9-21-10-8-19-16-13-5-4-12(2)17(16)24-18(19)14(22)6-7-20(19,23)15(21)11-13/h3-5,14-15,18,22-23H,1,6-11H2,2H3/t14-,15-,18?,19?,20-/m0/s1. The predicted octanol–water partition coefficient (Wildman–Crippen LogP) is 1.70. The Morgan fingerprint density at radius 1 is 1.42 bits per heavy atom. The van der Waals surface area contributed by atoms with Crippen LogP contribution in [0.2, 0.25) is 0 Å². The van der Waals surface area contributed by atoms with Gasteiger partial charge in [-0.2, -0.15) is 0 Å². The van der Waals surface area contributed by atoms with Crippen LogP contribution in [0.1, 0.15) is 36.0 Å². The molecule has 4 nitrogen and oxygen atoms in total. The number of aliphatic hydroxyl groups excluding tert-OH is 1. The Hall–Kier alpha value is -1.36. The van der Waals surface area contributed by atoms with E-state index in [-0.39, 0.29) is 12.1 Å². The van der Waals surface area contributed by atoms with E-state index in [0.29, 0.717) is 12.8 Å². The molecule has 24 heavy (non-hydrogen) atoms. The number of nitrogens with zero attached hydrogens (tertiary/aromatic N) is 1. The van der Waals surface area contributed by atoms with Crippen molar-refractivity contribution in [2.75, 3.05) is 13.1 Å². The first-order chi connectivity index (χ1) is 11.5. The Morgan fingerprint density at radius 3 is 3.04 bits per heavy atom. The molecule has 2 aliphatic heterocycles. The molecule has 5 atom stereocenters. The molecule has 4 aliphatic rings. The summed E-state index contributed by atoms with van der Waals surface area (Å²) < 4.78 is 6.33. The highest BCUT2D eigenvalue weighted by molar-refractivity contribution is 5.60. The SMILES string of the molecule is C=CCN1CCC23c4c5ccc(C)c4OC2[C@@H](O)CC[C@]3(O)[C@@H]1C5. The van der Waals surface area contributed by atoms with E-state index in [2.05, 4.69) is 30.5 Å². The smallest absolute Gasteiger partial charge is 0.137 e. The Bertz CT molecular complexity index is 732. The minimum atomic E-state index is -0.829. The van der Waals surface area contributed by atoms with Gasteiger partial charge in [-0.15, -0.1) is 6.58 Å². The number of hydrogen-bond acceptors (Lipinski definition) is 4. The van der Waals surface area contributed by atoms with Crippen molar-refractivity contribution in [2.24, 2.45) is 0 Å². The summed E-state index contributed by atoms with van der Waals surface area (Å²) in [7, 11) is 0. The largest absolute Gasteiger partial charge is 0.486 e. The minimum Gasteiger partial charge on any atom is -0.486 e. The molecule has 128 valence electrons. The fourth-order valence-electron chi connectivity index (χ4n) is 6.14. The van der Waals surface area contributed by atoms with Crippen LogP contribution in [0.4, 0.5) is 0 Å². The minimum absolute atomic E-state index is 0.0732. The number of aryl methyl sites for hydroxylation is 1. The van der Waals surface area contributed by atoms with Crippen molar-refractivity contribution >= 4 is 0 Å². The van der Waals surface area contributed by atoms with Gasteiger partial charge in [-0.3, -0.25) is 4.90 Å². The fraction of sp³-hybridized carbons (Fsp3) is 0.600. The summed E-state index contributed by atoms with van der Waals surface area (Å²) in [6.07, 6.45) is 4.02. The quantitative estimate of drug-likeness (QED) is 0.812. The second kappa shape index (κ2) is 4.63. The van der Waals surface area contributed by atoms with Crippen molar-refractivity contribution in [3.63, 3.8) is 0 Å². The van der Waals surface area contributed by atoms with Crippen LogP contribution in [0.3, 0.4) is 0 Å². The summed E-state index contributed by atoms with van der Waals surface area (Å²) in [6.45, 7) is 7.67. The molecule has 1 aromatic rings. The van der Waals surface area contributed by atoms with E-state index in [1.807, 2.05) is 6.08 Å². The third-order valence-corrected chi connectivity index (χ3v) is 7.12. The zero-order chi connectivity index (χ0) is 16.7. The van der Waals surface area contributed by atoms with E-state index in [1.54, 1.807) is 0 Å². The molecule has 4 heteroatoms. The van der Waals surface area contributed by atoms with Crippen LogP contribution in [-0.4, -0.2) is 52.1 Å². The highest BCUT2D eigenvalue weighted by Crippen LogP contribution is 2.64. The van der Waals surface area contributed by atoms with Gasteiger partial charge in [0.15, 0.2) is 0 Å². The molecule has 1 saturated carbocycles. The first kappa shape index (κ1) is 14.9. The van der Waals surface area contributed by atoms with Crippen molar-refractivity contribution in [2.45, 2.75) is 61.9 Å². The van der Waals surface area contributed by atoms with Crippen LogP contribution in [-0.2, 0) is 11.8 Å². The van der Waals surface area contributed by atoms with Gasteiger partial charge in [-0.05, 0) is 50.3 Å². The second-order valence-electron chi connectivity index (χ2n) is 8.04. The van der Waals surface area contributed by atoms with Gasteiger partial charge in [-0.1, -0.05) is 18.2 Å². The number of hydrogen-bond donors (Lipinski definition) is 2. The van der Waals surface area contributed by atoms with E-state index in [9.17, 15) is 10.2 Å². The maximum Gasteiger partial charge on any atom is 0.137 e. The monoisotopic (exact) mass is 327 g/mol. The van der Waals surface area contributed by atoms with Gasteiger partial charge in [0.25, 0.3) is 0 Å². The van der Waals surface area contributed by atoms with Gasteiger partial charge in [0.05, 0.1) is 17.1 Å². The van der Waals surface area contributed by atoms with Gasteiger partial charge >= 0.3 is 0 Å². The molecule has 1 aromatic carbocycles. The van der Waals surface area contributed by atoms with Gasteiger partial charge < -0.3 is 14.9 Å². The first-order valence-corrected chi connectivity index (χ1v) is 9.08. The predicted molar refractivity (Wildman–Crippen MR) is 91.3 cm³/mol. The molecule has 2 N–H and O–H groups in total. The lowest BCUT2D eigenvalue weighted by molar-refractivity contribution is -0.206. The normalized spacial score (nSPS) is 42.4. The lowest BCUT2D eigenvalue weighted by atomic mass is 9.48. The van der Waals surface area contributed by atoms with Gasteiger partial charge in [0, 0.05) is 18.2 Å². The summed E-state index contributed by atoms with van der Waals surface area (Å²) in [6, 6.07) is 4.39. The lowest BCUT2D eigenvalue weighted by Crippen LogP contribution is -2.77. The maximum atomic E-state index is 12.0. The van der Waals surface area contributed by atoms with Crippen molar-refractivity contribution in [1.82, 2.24) is 4.90 Å². The molecular weight excluding hydrogens is 302 g/mol. The van der Waals surface area contributed by atoms with Gasteiger partial charge in [-0.25, -0.2) is 0 Å². The molecule has 0 aromatic heterocycles. The average Bonchev–Trinajstić information content (AvgIpc) is 2.91. The number of benzene rings is 1. The maximum absolute atomic E-state index is 12.0. The third kappa shape index (κ3) is 1.47. The van der Waals surface area contributed by atoms with E-state index in [4.69, 9.17) is 4.74 Å². The Kier molecular flexibility index (Phi) is 2.88. The Balaban J connectivity index is 1.78. The van der Waals surface area contributed by atoms with Crippen LogP contribution in [0.5, 0.6) is 5.75 Å². The molecule has 2 aliphatic carbocycles. The summed E-state index contributed by atoms with van der Waals surface area (Å²) in [4.78, 5) is 2.37. The molecule has 1 saturated heterocycles. The zero-order valence-electron chi connectivity index (χ0n) is 14.2. The average molecular weight is 327 g/mol. The molecule has 1 spiro atoms. The molecule has 2 fully saturated rings. The summed E-state index contributed by atoms with van der Waals surface area (Å²) in [5.41, 5.74) is 2.31. The second-order valence-corrected chi connectivity index (χ2v) is 8.04. The molecule has 0 amide bonds. The third-order valence-electron chi connectivity index (χ3n) is 7.12. The van der Waals surface area contributed by atoms with Crippen molar-refractivity contribution < 1.29 is 14.9 Å².